The molecule has 0 bridgehead atoms. The first-order valence-corrected chi connectivity index (χ1v) is 7.96. The van der Waals surface area contributed by atoms with Crippen LogP contribution in [0.25, 0.3) is 0 Å². The topological polar surface area (TPSA) is 29.1 Å². The van der Waals surface area contributed by atoms with Crippen molar-refractivity contribution in [1.29, 1.82) is 0 Å². The third-order valence-corrected chi connectivity index (χ3v) is 4.02. The second kappa shape index (κ2) is 7.48. The molecule has 0 heterocycles. The summed E-state index contributed by atoms with van der Waals surface area (Å²) in [6, 6.07) is 12.2. The number of amides is 1. The number of anilines is 1. The summed E-state index contributed by atoms with van der Waals surface area (Å²) in [5, 5.41) is 3.19. The molecule has 0 fully saturated rings. The van der Waals surface area contributed by atoms with E-state index in [-0.39, 0.29) is 17.5 Å². The van der Waals surface area contributed by atoms with E-state index in [1.54, 1.807) is 12.1 Å². The van der Waals surface area contributed by atoms with Crippen LogP contribution >= 0.6 is 23.4 Å². The maximum Gasteiger partial charge on any atom is 0.234 e. The van der Waals surface area contributed by atoms with Crippen LogP contribution in [0, 0.1) is 12.7 Å². The number of rotatable bonds is 5. The molecule has 1 N–H and O–H groups in total. The minimum Gasteiger partial charge on any atom is -0.325 e. The van der Waals surface area contributed by atoms with Crippen molar-refractivity contribution in [2.45, 2.75) is 12.7 Å². The highest BCUT2D eigenvalue weighted by molar-refractivity contribution is 7.99. The number of hydrogen-bond donors (Lipinski definition) is 1. The Kier molecular flexibility index (Phi) is 5.65. The van der Waals surface area contributed by atoms with Crippen molar-refractivity contribution in [3.05, 3.63) is 64.4 Å². The quantitative estimate of drug-likeness (QED) is 0.867. The molecule has 110 valence electrons. The van der Waals surface area contributed by atoms with E-state index in [1.165, 1.54) is 17.8 Å². The molecule has 0 spiro atoms. The van der Waals surface area contributed by atoms with E-state index in [9.17, 15) is 9.18 Å². The molecule has 0 unspecified atom stereocenters. The summed E-state index contributed by atoms with van der Waals surface area (Å²) in [5.41, 5.74) is 2.41. The molecule has 2 nitrogen and oxygen atoms in total. The molecule has 0 saturated carbocycles. The fourth-order valence-electron chi connectivity index (χ4n) is 1.81. The van der Waals surface area contributed by atoms with Crippen molar-refractivity contribution < 1.29 is 9.18 Å². The maximum absolute atomic E-state index is 13.6. The molecule has 0 aliphatic rings. The molecular weight excluding hydrogens is 309 g/mol. The zero-order valence-corrected chi connectivity index (χ0v) is 13.1. The average molecular weight is 324 g/mol. The van der Waals surface area contributed by atoms with Crippen molar-refractivity contribution in [1.82, 2.24) is 0 Å². The van der Waals surface area contributed by atoms with Crippen LogP contribution in [0.1, 0.15) is 11.1 Å². The Bertz CT molecular complexity index is 648. The predicted molar refractivity (Wildman–Crippen MR) is 87.4 cm³/mol. The first-order valence-electron chi connectivity index (χ1n) is 6.43. The number of carbonyl (C=O) groups is 1. The molecule has 21 heavy (non-hydrogen) atoms. The van der Waals surface area contributed by atoms with Crippen LogP contribution in [0.2, 0.25) is 5.02 Å². The molecule has 0 aliphatic heterocycles. The first-order chi connectivity index (χ1) is 10.0. The van der Waals surface area contributed by atoms with Crippen LogP contribution in [-0.2, 0) is 10.5 Å². The van der Waals surface area contributed by atoms with Crippen molar-refractivity contribution in [3.63, 3.8) is 0 Å². The van der Waals surface area contributed by atoms with Gasteiger partial charge in [0.1, 0.15) is 5.82 Å². The number of hydrogen-bond acceptors (Lipinski definition) is 2. The van der Waals surface area contributed by atoms with Gasteiger partial charge in [0.15, 0.2) is 0 Å². The number of aryl methyl sites for hydroxylation is 1. The largest absolute Gasteiger partial charge is 0.325 e. The third kappa shape index (κ3) is 5.06. The third-order valence-electron chi connectivity index (χ3n) is 2.81. The lowest BCUT2D eigenvalue weighted by Gasteiger charge is -2.06. The van der Waals surface area contributed by atoms with E-state index < -0.39 is 0 Å². The number of thioether (sulfide) groups is 1. The SMILES string of the molecule is Cc1cccc(NC(=O)CSCc2ccc(Cl)cc2F)c1. The van der Waals surface area contributed by atoms with Gasteiger partial charge in [-0.2, -0.15) is 0 Å². The van der Waals surface area contributed by atoms with Gasteiger partial charge in [-0.15, -0.1) is 11.8 Å². The van der Waals surface area contributed by atoms with Crippen LogP contribution in [0.15, 0.2) is 42.5 Å². The van der Waals surface area contributed by atoms with Crippen LogP contribution in [0.4, 0.5) is 10.1 Å². The Labute approximate surface area is 132 Å². The molecule has 0 aromatic heterocycles. The van der Waals surface area contributed by atoms with Crippen LogP contribution in [0.5, 0.6) is 0 Å². The Morgan fingerprint density at radius 2 is 2.10 bits per heavy atom. The zero-order valence-electron chi connectivity index (χ0n) is 11.5. The highest BCUT2D eigenvalue weighted by Gasteiger charge is 2.06. The van der Waals surface area contributed by atoms with E-state index in [0.717, 1.165) is 11.3 Å². The number of carbonyl (C=O) groups excluding carboxylic acids is 1. The second-order valence-corrected chi connectivity index (χ2v) is 6.07. The summed E-state index contributed by atoms with van der Waals surface area (Å²) >= 11 is 7.06. The van der Waals surface area contributed by atoms with Crippen LogP contribution in [-0.4, -0.2) is 11.7 Å². The lowest BCUT2D eigenvalue weighted by Crippen LogP contribution is -2.14. The molecule has 2 rings (SSSR count). The van der Waals surface area contributed by atoms with Gasteiger partial charge in [-0.25, -0.2) is 4.39 Å². The fraction of sp³-hybridized carbons (Fsp3) is 0.188. The van der Waals surface area contributed by atoms with Gasteiger partial charge in [0, 0.05) is 16.5 Å². The van der Waals surface area contributed by atoms with Crippen LogP contribution in [0.3, 0.4) is 0 Å². The standard InChI is InChI=1S/C16H15ClFNOS/c1-11-3-2-4-14(7-11)19-16(20)10-21-9-12-5-6-13(17)8-15(12)18/h2-8H,9-10H2,1H3,(H,19,20). The predicted octanol–water partition coefficient (Wildman–Crippen LogP) is 4.66. The zero-order chi connectivity index (χ0) is 15.2. The minimum atomic E-state index is -0.339. The Hall–Kier alpha value is -1.52. The van der Waals surface area contributed by atoms with E-state index in [4.69, 9.17) is 11.6 Å². The Morgan fingerprint density at radius 3 is 2.81 bits per heavy atom. The fourth-order valence-corrected chi connectivity index (χ4v) is 2.78. The van der Waals surface area contributed by atoms with Gasteiger partial charge >= 0.3 is 0 Å². The van der Waals surface area contributed by atoms with Gasteiger partial charge < -0.3 is 5.32 Å². The molecule has 0 atom stereocenters. The average Bonchev–Trinajstić information content (AvgIpc) is 2.41. The maximum atomic E-state index is 13.6. The summed E-state index contributed by atoms with van der Waals surface area (Å²) < 4.78 is 13.6. The molecule has 0 aliphatic carbocycles. The van der Waals surface area contributed by atoms with E-state index >= 15 is 0 Å². The minimum absolute atomic E-state index is 0.0972. The summed E-state index contributed by atoms with van der Waals surface area (Å²) in [6.07, 6.45) is 0. The molecule has 2 aromatic rings. The second-order valence-electron chi connectivity index (χ2n) is 4.65. The van der Waals surface area contributed by atoms with Crippen molar-refractivity contribution in [2.24, 2.45) is 0 Å². The van der Waals surface area contributed by atoms with Crippen molar-refractivity contribution in [3.8, 4) is 0 Å². The molecule has 2 aromatic carbocycles. The van der Waals surface area contributed by atoms with Crippen molar-refractivity contribution >= 4 is 35.0 Å². The van der Waals surface area contributed by atoms with E-state index in [2.05, 4.69) is 5.32 Å². The molecular formula is C16H15ClFNOS. The van der Waals surface area contributed by atoms with Gasteiger partial charge in [0.25, 0.3) is 0 Å². The Morgan fingerprint density at radius 1 is 1.29 bits per heavy atom. The smallest absolute Gasteiger partial charge is 0.234 e. The Balaban J connectivity index is 1.81. The molecule has 5 heteroatoms. The first kappa shape index (κ1) is 15.9. The van der Waals surface area contributed by atoms with E-state index in [0.29, 0.717) is 16.3 Å². The van der Waals surface area contributed by atoms with Gasteiger partial charge in [-0.3, -0.25) is 4.79 Å². The summed E-state index contributed by atoms with van der Waals surface area (Å²) in [5.74, 6) is 0.273. The van der Waals surface area contributed by atoms with Crippen LogP contribution < -0.4 is 5.32 Å². The highest BCUT2D eigenvalue weighted by atomic mass is 35.5. The molecule has 1 amide bonds. The number of halogens is 2. The number of benzene rings is 2. The lowest BCUT2D eigenvalue weighted by atomic mass is 10.2. The van der Waals surface area contributed by atoms with Gasteiger partial charge in [-0.1, -0.05) is 29.8 Å². The summed E-state index contributed by atoms with van der Waals surface area (Å²) in [6.45, 7) is 1.97. The number of nitrogens with one attached hydrogen (secondary N) is 1. The van der Waals surface area contributed by atoms with Gasteiger partial charge in [0.2, 0.25) is 5.91 Å². The summed E-state index contributed by atoms with van der Waals surface area (Å²) in [7, 11) is 0. The monoisotopic (exact) mass is 323 g/mol. The normalized spacial score (nSPS) is 10.4. The highest BCUT2D eigenvalue weighted by Crippen LogP contribution is 2.19. The summed E-state index contributed by atoms with van der Waals surface area (Å²) in [4.78, 5) is 11.8. The lowest BCUT2D eigenvalue weighted by molar-refractivity contribution is -0.113. The van der Waals surface area contributed by atoms with Gasteiger partial charge in [-0.05, 0) is 42.3 Å². The molecule has 0 saturated heterocycles. The van der Waals surface area contributed by atoms with E-state index in [1.807, 2.05) is 31.2 Å². The van der Waals surface area contributed by atoms with Gasteiger partial charge in [0.05, 0.1) is 5.75 Å². The van der Waals surface area contributed by atoms with Crippen molar-refractivity contribution in [2.75, 3.05) is 11.1 Å². The molecule has 0 radical (unpaired) electrons.